The van der Waals surface area contributed by atoms with Crippen LogP contribution in [0.2, 0.25) is 0 Å². The van der Waals surface area contributed by atoms with Crippen LogP contribution in [0.5, 0.6) is 5.75 Å². The number of benzene rings is 2. The summed E-state index contributed by atoms with van der Waals surface area (Å²) >= 11 is 0. The monoisotopic (exact) mass is 408 g/mol. The summed E-state index contributed by atoms with van der Waals surface area (Å²) in [7, 11) is 3.48. The Morgan fingerprint density at radius 2 is 1.77 bits per heavy atom. The normalized spacial score (nSPS) is 14.2. The van der Waals surface area contributed by atoms with E-state index >= 15 is 0 Å². The molecule has 2 aromatic carbocycles. The number of phenols is 1. The first-order valence-electron chi connectivity index (χ1n) is 9.79. The number of hydrogen-bond donors (Lipinski definition) is 2. The number of nitrogens with zero attached hydrogens (tertiary/aromatic N) is 5. The van der Waals surface area contributed by atoms with E-state index in [1.165, 1.54) is 10.7 Å². The summed E-state index contributed by atoms with van der Waals surface area (Å²) in [5.41, 5.74) is 1.87. The fraction of sp³-hybridized carbons (Fsp3) is 0.286. The number of anilines is 2. The topological polar surface area (TPSA) is 88.2 Å². The van der Waals surface area contributed by atoms with Gasteiger partial charge in [-0.3, -0.25) is 14.2 Å². The van der Waals surface area contributed by atoms with E-state index in [0.717, 1.165) is 37.0 Å². The number of carbonyl (C=O) groups excluding carboxylic acids is 1. The van der Waals surface area contributed by atoms with Gasteiger partial charge in [-0.1, -0.05) is 0 Å². The summed E-state index contributed by atoms with van der Waals surface area (Å²) in [6, 6.07) is 4.49. The van der Waals surface area contributed by atoms with Crippen molar-refractivity contribution < 1.29 is 14.3 Å². The number of hydrogen-bond acceptors (Lipinski definition) is 5. The van der Waals surface area contributed by atoms with Crippen LogP contribution in [0, 0.1) is 5.82 Å². The third kappa shape index (κ3) is 2.94. The van der Waals surface area contributed by atoms with Crippen molar-refractivity contribution in [2.75, 3.05) is 23.3 Å². The smallest absolute Gasteiger partial charge is 0.261 e. The number of rotatable bonds is 3. The highest BCUT2D eigenvalue weighted by atomic mass is 19.1. The van der Waals surface area contributed by atoms with E-state index in [0.29, 0.717) is 10.9 Å². The fourth-order valence-electron chi connectivity index (χ4n) is 4.18. The third-order valence-corrected chi connectivity index (χ3v) is 5.48. The van der Waals surface area contributed by atoms with E-state index in [2.05, 4.69) is 20.4 Å². The van der Waals surface area contributed by atoms with Crippen LogP contribution in [0.25, 0.3) is 21.8 Å². The summed E-state index contributed by atoms with van der Waals surface area (Å²) < 4.78 is 17.5. The average Bonchev–Trinajstić information content (AvgIpc) is 3.40. The SMILES string of the molecule is Cn1cc2cc(NC(=O)c3c(O)cc(N4CCCC4)c4cn(C)nc34)cc(F)c2n1. The molecule has 1 amide bonds. The largest absolute Gasteiger partial charge is 0.507 e. The number of fused-ring (bicyclic) bond motifs is 2. The molecule has 0 radical (unpaired) electrons. The molecule has 0 atom stereocenters. The third-order valence-electron chi connectivity index (χ3n) is 5.48. The van der Waals surface area contributed by atoms with Gasteiger partial charge in [-0.2, -0.15) is 10.2 Å². The molecule has 0 spiro atoms. The first kappa shape index (κ1) is 18.4. The lowest BCUT2D eigenvalue weighted by atomic mass is 10.1. The molecule has 1 aliphatic rings. The second-order valence-corrected chi connectivity index (χ2v) is 7.70. The van der Waals surface area contributed by atoms with Crippen LogP contribution in [0.3, 0.4) is 0 Å². The van der Waals surface area contributed by atoms with Gasteiger partial charge in [0.25, 0.3) is 5.91 Å². The predicted octanol–water partition coefficient (Wildman–Crippen LogP) is 3.16. The maximum Gasteiger partial charge on any atom is 0.261 e. The Morgan fingerprint density at radius 1 is 1.07 bits per heavy atom. The molecule has 1 saturated heterocycles. The Hall–Kier alpha value is -3.62. The second kappa shape index (κ2) is 6.72. The van der Waals surface area contributed by atoms with Crippen LogP contribution < -0.4 is 10.2 Å². The molecule has 9 heteroatoms. The predicted molar refractivity (Wildman–Crippen MR) is 112 cm³/mol. The van der Waals surface area contributed by atoms with Crippen LogP contribution in [0.4, 0.5) is 15.8 Å². The molecule has 2 aromatic heterocycles. The van der Waals surface area contributed by atoms with Crippen molar-refractivity contribution in [3.63, 3.8) is 0 Å². The summed E-state index contributed by atoms with van der Waals surface area (Å²) in [5, 5.41) is 23.3. The minimum atomic E-state index is -0.549. The molecule has 1 fully saturated rings. The van der Waals surface area contributed by atoms with Gasteiger partial charge in [-0.25, -0.2) is 4.39 Å². The van der Waals surface area contributed by atoms with Crippen LogP contribution in [-0.4, -0.2) is 43.7 Å². The molecule has 30 heavy (non-hydrogen) atoms. The van der Waals surface area contributed by atoms with Gasteiger partial charge in [0.1, 0.15) is 22.3 Å². The Labute approximate surface area is 171 Å². The van der Waals surface area contributed by atoms with Crippen molar-refractivity contribution in [1.29, 1.82) is 0 Å². The molecule has 154 valence electrons. The Bertz CT molecular complexity index is 1300. The van der Waals surface area contributed by atoms with Crippen molar-refractivity contribution in [3.05, 3.63) is 42.0 Å². The molecule has 5 rings (SSSR count). The number of aryl methyl sites for hydroxylation is 2. The van der Waals surface area contributed by atoms with Gasteiger partial charge >= 0.3 is 0 Å². The average molecular weight is 408 g/mol. The fourth-order valence-corrected chi connectivity index (χ4v) is 4.18. The lowest BCUT2D eigenvalue weighted by Gasteiger charge is -2.20. The minimum Gasteiger partial charge on any atom is -0.507 e. The Balaban J connectivity index is 1.57. The zero-order valence-electron chi connectivity index (χ0n) is 16.7. The number of amides is 1. The highest BCUT2D eigenvalue weighted by Crippen LogP contribution is 2.37. The van der Waals surface area contributed by atoms with Crippen LogP contribution in [0.15, 0.2) is 30.6 Å². The summed E-state index contributed by atoms with van der Waals surface area (Å²) in [6.45, 7) is 1.80. The van der Waals surface area contributed by atoms with Crippen LogP contribution >= 0.6 is 0 Å². The molecule has 3 heterocycles. The molecular weight excluding hydrogens is 387 g/mol. The van der Waals surface area contributed by atoms with Crippen molar-refractivity contribution in [3.8, 4) is 5.75 Å². The number of halogens is 1. The molecular formula is C21H21FN6O2. The first-order valence-corrected chi connectivity index (χ1v) is 9.79. The van der Waals surface area contributed by atoms with Crippen molar-refractivity contribution in [2.45, 2.75) is 12.8 Å². The minimum absolute atomic E-state index is 0.0697. The highest BCUT2D eigenvalue weighted by molar-refractivity contribution is 6.16. The number of aromatic hydroxyl groups is 1. The highest BCUT2D eigenvalue weighted by Gasteiger charge is 2.25. The van der Waals surface area contributed by atoms with E-state index in [1.54, 1.807) is 37.1 Å². The molecule has 4 aromatic rings. The second-order valence-electron chi connectivity index (χ2n) is 7.70. The van der Waals surface area contributed by atoms with Gasteiger partial charge in [0.15, 0.2) is 5.82 Å². The van der Waals surface area contributed by atoms with E-state index < -0.39 is 11.7 Å². The van der Waals surface area contributed by atoms with E-state index in [-0.39, 0.29) is 22.5 Å². The first-order chi connectivity index (χ1) is 14.4. The van der Waals surface area contributed by atoms with Crippen molar-refractivity contribution in [2.24, 2.45) is 14.1 Å². The summed E-state index contributed by atoms with van der Waals surface area (Å²) in [5.74, 6) is -1.23. The van der Waals surface area contributed by atoms with Gasteiger partial charge in [0, 0.05) is 62.1 Å². The molecule has 8 nitrogen and oxygen atoms in total. The van der Waals surface area contributed by atoms with Gasteiger partial charge < -0.3 is 15.3 Å². The standard InChI is InChI=1S/C21H21FN6O2/c1-26-10-12-7-13(8-15(22)19(12)24-26)23-21(30)18-17(29)9-16(28-5-3-4-6-28)14-11-27(2)25-20(14)18/h7-11,29H,3-6H2,1-2H3,(H,23,30). The lowest BCUT2D eigenvalue weighted by molar-refractivity contribution is 0.102. The number of nitrogens with one attached hydrogen (secondary N) is 1. The number of carbonyl (C=O) groups is 1. The summed E-state index contributed by atoms with van der Waals surface area (Å²) in [6.07, 6.45) is 5.70. The van der Waals surface area contributed by atoms with Gasteiger partial charge in [0.05, 0.1) is 5.69 Å². The maximum absolute atomic E-state index is 14.4. The Kier molecular flexibility index (Phi) is 4.12. The van der Waals surface area contributed by atoms with Crippen LogP contribution in [-0.2, 0) is 14.1 Å². The molecule has 0 aliphatic carbocycles. The van der Waals surface area contributed by atoms with Gasteiger partial charge in [-0.05, 0) is 25.0 Å². The van der Waals surface area contributed by atoms with Crippen LogP contribution in [0.1, 0.15) is 23.2 Å². The van der Waals surface area contributed by atoms with E-state index in [9.17, 15) is 14.3 Å². The van der Waals surface area contributed by atoms with Crippen molar-refractivity contribution in [1.82, 2.24) is 19.6 Å². The molecule has 0 bridgehead atoms. The Morgan fingerprint density at radius 3 is 2.53 bits per heavy atom. The van der Waals surface area contributed by atoms with Gasteiger partial charge in [0.2, 0.25) is 0 Å². The molecule has 2 N–H and O–H groups in total. The molecule has 1 aliphatic heterocycles. The maximum atomic E-state index is 14.4. The lowest BCUT2D eigenvalue weighted by Crippen LogP contribution is -2.19. The zero-order valence-corrected chi connectivity index (χ0v) is 16.7. The van der Waals surface area contributed by atoms with Gasteiger partial charge in [-0.15, -0.1) is 0 Å². The number of phenolic OH excluding ortho intramolecular Hbond substituents is 1. The molecule has 0 unspecified atom stereocenters. The van der Waals surface area contributed by atoms with E-state index in [1.807, 2.05) is 6.20 Å². The summed E-state index contributed by atoms with van der Waals surface area (Å²) in [4.78, 5) is 15.3. The molecule has 0 saturated carbocycles. The number of aromatic nitrogens is 4. The zero-order chi connectivity index (χ0) is 21.0. The van der Waals surface area contributed by atoms with Crippen molar-refractivity contribution >= 4 is 39.1 Å². The quantitative estimate of drug-likeness (QED) is 0.544. The van der Waals surface area contributed by atoms with E-state index in [4.69, 9.17) is 0 Å².